The molecule has 364 valence electrons. The molecule has 4 rings (SSSR count). The second kappa shape index (κ2) is 26.1. The highest BCUT2D eigenvalue weighted by Gasteiger charge is 2.46. The zero-order chi connectivity index (χ0) is 47.1. The van der Waals surface area contributed by atoms with E-state index in [9.17, 15) is 29.7 Å². The molecule has 1 saturated carbocycles. The number of rotatable bonds is 6. The minimum absolute atomic E-state index is 0.0173. The Morgan fingerprint density at radius 2 is 1.58 bits per heavy atom. The zero-order valence-corrected chi connectivity index (χ0v) is 40.9. The van der Waals surface area contributed by atoms with Crippen LogP contribution >= 0.6 is 0 Å². The number of ketones is 2. The van der Waals surface area contributed by atoms with E-state index in [2.05, 4.69) is 26.8 Å². The van der Waals surface area contributed by atoms with Crippen LogP contribution in [0.2, 0.25) is 0 Å². The van der Waals surface area contributed by atoms with E-state index in [1.54, 1.807) is 26.2 Å². The van der Waals surface area contributed by atoms with Gasteiger partial charge in [0.25, 0.3) is 5.91 Å². The summed E-state index contributed by atoms with van der Waals surface area (Å²) in [5, 5.41) is 33.9. The van der Waals surface area contributed by atoms with Gasteiger partial charge in [0, 0.05) is 52.6 Å². The third-order valence-electron chi connectivity index (χ3n) is 14.9. The summed E-state index contributed by atoms with van der Waals surface area (Å²) in [6, 6.07) is -0.377. The number of aliphatic hydroxyl groups is 3. The molecule has 3 fully saturated rings. The van der Waals surface area contributed by atoms with Gasteiger partial charge in [-0.2, -0.15) is 0 Å². The Morgan fingerprint density at radius 3 is 2.28 bits per heavy atom. The Balaban J connectivity index is 1.62. The summed E-state index contributed by atoms with van der Waals surface area (Å²) in [6.07, 6.45) is 17.2. The number of carbonyl (C=O) groups is 3. The van der Waals surface area contributed by atoms with Crippen LogP contribution in [-0.2, 0) is 38.1 Å². The number of methoxy groups -OCH3 is 3. The Hall–Kier alpha value is -2.55. The van der Waals surface area contributed by atoms with Crippen LogP contribution in [0, 0.1) is 35.5 Å². The summed E-state index contributed by atoms with van der Waals surface area (Å²) in [5.41, 5.74) is 1.68. The summed E-state index contributed by atoms with van der Waals surface area (Å²) in [7, 11) is 4.91. The second-order valence-corrected chi connectivity index (χ2v) is 20.2. The average molecular weight is 900 g/mol. The Bertz CT molecular complexity index is 1610. The quantitative estimate of drug-likeness (QED) is 0.176. The molecule has 15 atom stereocenters. The number of allylic oxidation sites excluding steroid dienone is 6. The van der Waals surface area contributed by atoms with Crippen LogP contribution in [0.25, 0.3) is 0 Å². The van der Waals surface area contributed by atoms with Crippen molar-refractivity contribution in [3.05, 3.63) is 47.6 Å². The standard InChI is InChI=1S/C52H85NO11/c1-33-16-12-11-13-17-35(3)46(60-8)29-42-21-19-39(7)52(59,64-42)31-45(56)51(58)53-23-15-14-18-41(53)32-63-47(37(5)27-40-20-22-43(54)48(28-40)61-9)30-44(55)36(4)26-38(6)50(57)49(62-10)25-34(2)24-33/h11-13,16-17,26,33-34,36-37,39-43,46-50,54,57,59H,14-15,18-25,27-32H2,1-10H3/b13-11+,16-12+,35-17+,38-26+/t33-,34-,36-,37-,39-,40+,41+,42?,43-,46+,47+,48-,49+,50-,52+/m1/s1. The lowest BCUT2D eigenvalue weighted by Crippen LogP contribution is -2.53. The number of fused-ring (bicyclic) bond motifs is 3. The minimum Gasteiger partial charge on any atom is -0.390 e. The fourth-order valence-electron chi connectivity index (χ4n) is 10.6. The summed E-state index contributed by atoms with van der Waals surface area (Å²) >= 11 is 0. The van der Waals surface area contributed by atoms with Crippen molar-refractivity contribution >= 4 is 17.5 Å². The van der Waals surface area contributed by atoms with Crippen LogP contribution in [0.4, 0.5) is 0 Å². The maximum Gasteiger partial charge on any atom is 0.290 e. The highest BCUT2D eigenvalue weighted by Crippen LogP contribution is 2.38. The predicted octanol–water partition coefficient (Wildman–Crippen LogP) is 7.87. The van der Waals surface area contributed by atoms with E-state index in [-0.39, 0.29) is 72.8 Å². The number of hydrogen-bond acceptors (Lipinski definition) is 11. The number of piperidine rings is 1. The number of nitrogens with zero attached hydrogens (tertiary/aromatic N) is 1. The molecule has 3 heterocycles. The van der Waals surface area contributed by atoms with Crippen molar-refractivity contribution in [3.8, 4) is 0 Å². The summed E-state index contributed by atoms with van der Waals surface area (Å²) < 4.78 is 30.4. The van der Waals surface area contributed by atoms with Gasteiger partial charge in [0.2, 0.25) is 5.78 Å². The number of amides is 1. The molecule has 0 spiro atoms. The molecule has 0 aromatic carbocycles. The lowest BCUT2D eigenvalue weighted by atomic mass is 9.78. The average Bonchev–Trinajstić information content (AvgIpc) is 3.26. The summed E-state index contributed by atoms with van der Waals surface area (Å²) in [5.74, 6) is -3.21. The third kappa shape index (κ3) is 15.8. The van der Waals surface area contributed by atoms with Crippen molar-refractivity contribution in [3.63, 3.8) is 0 Å². The third-order valence-corrected chi connectivity index (χ3v) is 14.9. The van der Waals surface area contributed by atoms with E-state index in [0.717, 1.165) is 44.1 Å². The van der Waals surface area contributed by atoms with Crippen LogP contribution in [-0.4, -0.2) is 127 Å². The highest BCUT2D eigenvalue weighted by molar-refractivity contribution is 6.36. The fourth-order valence-corrected chi connectivity index (χ4v) is 10.6. The largest absolute Gasteiger partial charge is 0.390 e. The molecule has 1 amide bonds. The molecule has 0 radical (unpaired) electrons. The van der Waals surface area contributed by atoms with Gasteiger partial charge >= 0.3 is 0 Å². The lowest BCUT2D eigenvalue weighted by Gasteiger charge is -2.43. The summed E-state index contributed by atoms with van der Waals surface area (Å²) in [4.78, 5) is 43.7. The monoisotopic (exact) mass is 900 g/mol. The highest BCUT2D eigenvalue weighted by atomic mass is 16.6. The normalized spacial score (nSPS) is 41.1. The minimum atomic E-state index is -1.80. The molecule has 0 aromatic heterocycles. The molecular weight excluding hydrogens is 815 g/mol. The van der Waals surface area contributed by atoms with Crippen molar-refractivity contribution in [2.75, 3.05) is 34.5 Å². The molecule has 0 aromatic rings. The van der Waals surface area contributed by atoms with Gasteiger partial charge in [-0.3, -0.25) is 14.4 Å². The van der Waals surface area contributed by atoms with Crippen molar-refractivity contribution in [1.82, 2.24) is 4.90 Å². The maximum atomic E-state index is 14.1. The molecule has 2 bridgehead atoms. The van der Waals surface area contributed by atoms with Crippen molar-refractivity contribution < 1.29 is 53.4 Å². The molecule has 12 nitrogen and oxygen atoms in total. The van der Waals surface area contributed by atoms with Gasteiger partial charge in [0.15, 0.2) is 5.79 Å². The van der Waals surface area contributed by atoms with Gasteiger partial charge in [0.1, 0.15) is 11.9 Å². The lowest BCUT2D eigenvalue weighted by molar-refractivity contribution is -0.282. The Morgan fingerprint density at radius 1 is 0.844 bits per heavy atom. The molecule has 3 aliphatic heterocycles. The van der Waals surface area contributed by atoms with Crippen molar-refractivity contribution in [2.24, 2.45) is 35.5 Å². The smallest absolute Gasteiger partial charge is 0.290 e. The van der Waals surface area contributed by atoms with Crippen LogP contribution in [0.15, 0.2) is 47.6 Å². The topological polar surface area (TPSA) is 161 Å². The number of ether oxygens (including phenoxy) is 5. The first kappa shape index (κ1) is 54.1. The van der Waals surface area contributed by atoms with E-state index in [1.165, 1.54) is 0 Å². The van der Waals surface area contributed by atoms with Crippen LogP contribution in [0.5, 0.6) is 0 Å². The second-order valence-electron chi connectivity index (χ2n) is 20.2. The van der Waals surface area contributed by atoms with Crippen LogP contribution < -0.4 is 0 Å². The molecule has 1 unspecified atom stereocenters. The molecular formula is C52H85NO11. The van der Waals surface area contributed by atoms with Gasteiger partial charge in [0.05, 0.1) is 55.7 Å². The first-order chi connectivity index (χ1) is 30.4. The van der Waals surface area contributed by atoms with Crippen molar-refractivity contribution in [2.45, 2.75) is 193 Å². The van der Waals surface area contributed by atoms with E-state index in [0.29, 0.717) is 50.6 Å². The first-order valence-electron chi connectivity index (χ1n) is 24.4. The fraction of sp³-hybridized carbons (Fsp3) is 0.788. The first-order valence-corrected chi connectivity index (χ1v) is 24.4. The van der Waals surface area contributed by atoms with Gasteiger partial charge in [-0.15, -0.1) is 0 Å². The van der Waals surface area contributed by atoms with Crippen LogP contribution in [0.1, 0.15) is 138 Å². The number of carbonyl (C=O) groups excluding carboxylic acids is 3. The van der Waals surface area contributed by atoms with E-state index in [1.807, 2.05) is 58.1 Å². The number of Topliss-reactive ketones (excluding diaryl/α,β-unsaturated/α-hetero) is 2. The van der Waals surface area contributed by atoms with Gasteiger partial charge in [-0.05, 0) is 119 Å². The van der Waals surface area contributed by atoms with E-state index >= 15 is 0 Å². The van der Waals surface area contributed by atoms with Crippen molar-refractivity contribution in [1.29, 1.82) is 0 Å². The number of hydrogen-bond donors (Lipinski definition) is 3. The van der Waals surface area contributed by atoms with Crippen LogP contribution in [0.3, 0.4) is 0 Å². The Kier molecular flexibility index (Phi) is 22.1. The predicted molar refractivity (Wildman–Crippen MR) is 249 cm³/mol. The molecule has 4 aliphatic rings. The molecule has 3 N–H and O–H groups in total. The molecule has 12 heteroatoms. The van der Waals surface area contributed by atoms with Gasteiger partial charge < -0.3 is 43.9 Å². The number of aliphatic hydroxyl groups excluding tert-OH is 2. The molecule has 2 saturated heterocycles. The summed E-state index contributed by atoms with van der Waals surface area (Å²) in [6.45, 7) is 14.6. The van der Waals surface area contributed by atoms with Gasteiger partial charge in [-0.1, -0.05) is 71.1 Å². The van der Waals surface area contributed by atoms with E-state index in [4.69, 9.17) is 23.7 Å². The SMILES string of the molecule is CO[C@H]1CC2CC[C@@H](C)[C@](O)(CC(=O)C(=O)N3CCCC[C@H]3CO[C@H]([C@H](C)C[C@@H]3CC[C@@H](O)[C@H](OC)C3)CC(=O)[C@H](C)/C=C(\C)[C@@H](O)[C@@H](OC)C[C@H](C)C[C@H](C)/C=C/C=C/C=C/1C)O2. The Labute approximate surface area is 385 Å². The van der Waals surface area contributed by atoms with E-state index < -0.39 is 54.2 Å². The van der Waals surface area contributed by atoms with Gasteiger partial charge in [-0.25, -0.2) is 0 Å². The molecule has 1 aliphatic carbocycles. The molecule has 64 heavy (non-hydrogen) atoms. The zero-order valence-electron chi connectivity index (χ0n) is 40.9. The maximum absolute atomic E-state index is 14.1.